The van der Waals surface area contributed by atoms with Gasteiger partial charge in [0.15, 0.2) is 0 Å². The van der Waals surface area contributed by atoms with E-state index in [4.69, 9.17) is 0 Å². The third-order valence-corrected chi connectivity index (χ3v) is 6.95. The molecule has 0 N–H and O–H groups in total. The highest BCUT2D eigenvalue weighted by Crippen LogP contribution is 2.46. The van der Waals surface area contributed by atoms with Crippen molar-refractivity contribution in [3.63, 3.8) is 0 Å². The van der Waals surface area contributed by atoms with Crippen molar-refractivity contribution in [2.75, 3.05) is 26.2 Å². The van der Waals surface area contributed by atoms with Gasteiger partial charge in [-0.25, -0.2) is 0 Å². The van der Waals surface area contributed by atoms with Crippen molar-refractivity contribution in [2.45, 2.75) is 51.4 Å². The molecule has 1 aromatic carbocycles. The molecule has 0 bridgehead atoms. The van der Waals surface area contributed by atoms with Gasteiger partial charge in [0.25, 0.3) is 0 Å². The van der Waals surface area contributed by atoms with E-state index >= 15 is 0 Å². The number of carbonyl (C=O) groups excluding carboxylic acids is 2. The molecule has 1 atom stereocenters. The van der Waals surface area contributed by atoms with E-state index in [1.807, 2.05) is 23.1 Å². The van der Waals surface area contributed by atoms with Gasteiger partial charge in [0.2, 0.25) is 11.8 Å². The first kappa shape index (κ1) is 17.6. The number of likely N-dealkylation sites (N-methyl/N-ethyl adjacent to an activating group) is 1. The van der Waals surface area contributed by atoms with Gasteiger partial charge in [-0.05, 0) is 50.0 Å². The summed E-state index contributed by atoms with van der Waals surface area (Å²) in [7, 11) is 0. The van der Waals surface area contributed by atoms with Crippen LogP contribution in [-0.2, 0) is 9.59 Å². The fourth-order valence-corrected chi connectivity index (χ4v) is 4.98. The average Bonchev–Trinajstić information content (AvgIpc) is 2.63. The van der Waals surface area contributed by atoms with Crippen molar-refractivity contribution in [1.29, 1.82) is 0 Å². The lowest BCUT2D eigenvalue weighted by molar-refractivity contribution is -0.147. The fourth-order valence-electron chi connectivity index (χ4n) is 4.98. The minimum Gasteiger partial charge on any atom is -0.342 e. The Hall–Kier alpha value is -1.84. The van der Waals surface area contributed by atoms with E-state index in [9.17, 15) is 9.59 Å². The van der Waals surface area contributed by atoms with Crippen molar-refractivity contribution in [3.05, 3.63) is 35.9 Å². The summed E-state index contributed by atoms with van der Waals surface area (Å²) in [4.78, 5) is 29.7. The van der Waals surface area contributed by atoms with E-state index < -0.39 is 0 Å². The standard InChI is InChI=1S/C22H30N2O2/c1-2-23-16-22(15-19(21(23)26)17-7-4-3-5-8-17)11-13-24(14-12-22)20(25)18-9-6-10-18/h3-5,7-8,18-19H,2,6,9-16H2,1H3/t19-/m0/s1. The molecule has 26 heavy (non-hydrogen) atoms. The van der Waals surface area contributed by atoms with Crippen LogP contribution in [0.1, 0.15) is 56.9 Å². The zero-order valence-electron chi connectivity index (χ0n) is 15.8. The Bertz CT molecular complexity index is 660. The zero-order chi connectivity index (χ0) is 18.1. The molecule has 4 nitrogen and oxygen atoms in total. The molecular formula is C22H30N2O2. The van der Waals surface area contributed by atoms with Crippen molar-refractivity contribution >= 4 is 11.8 Å². The number of hydrogen-bond acceptors (Lipinski definition) is 2. The summed E-state index contributed by atoms with van der Waals surface area (Å²) in [5, 5.41) is 0. The fraction of sp³-hybridized carbons (Fsp3) is 0.636. The Kier molecular flexibility index (Phi) is 4.76. The third-order valence-electron chi connectivity index (χ3n) is 6.95. The smallest absolute Gasteiger partial charge is 0.230 e. The predicted molar refractivity (Wildman–Crippen MR) is 102 cm³/mol. The SMILES string of the molecule is CCN1CC2(CCN(C(=O)C3CCC3)CC2)C[C@@H](c2ccccc2)C1=O. The molecular weight excluding hydrogens is 324 g/mol. The minimum absolute atomic E-state index is 0.0289. The number of hydrogen-bond donors (Lipinski definition) is 0. The third kappa shape index (κ3) is 3.15. The molecule has 0 radical (unpaired) electrons. The molecule has 140 valence electrons. The van der Waals surface area contributed by atoms with Gasteiger partial charge >= 0.3 is 0 Å². The van der Waals surface area contributed by atoms with Gasteiger partial charge in [0.05, 0.1) is 5.92 Å². The highest BCUT2D eigenvalue weighted by molar-refractivity contribution is 5.85. The highest BCUT2D eigenvalue weighted by Gasteiger charge is 2.46. The number of benzene rings is 1. The van der Waals surface area contributed by atoms with Crippen molar-refractivity contribution in [3.8, 4) is 0 Å². The van der Waals surface area contributed by atoms with Crippen LogP contribution < -0.4 is 0 Å². The van der Waals surface area contributed by atoms with Gasteiger partial charge in [-0.2, -0.15) is 0 Å². The summed E-state index contributed by atoms with van der Waals surface area (Å²) in [6, 6.07) is 10.2. The van der Waals surface area contributed by atoms with Gasteiger partial charge < -0.3 is 9.80 Å². The normalized spacial score (nSPS) is 26.0. The first-order valence-corrected chi connectivity index (χ1v) is 10.2. The summed E-state index contributed by atoms with van der Waals surface area (Å²) >= 11 is 0. The molecule has 0 unspecified atom stereocenters. The van der Waals surface area contributed by atoms with Gasteiger partial charge in [-0.1, -0.05) is 36.8 Å². The van der Waals surface area contributed by atoms with Gasteiger partial charge in [-0.3, -0.25) is 9.59 Å². The van der Waals surface area contributed by atoms with Crippen LogP contribution in [0, 0.1) is 11.3 Å². The molecule has 0 aromatic heterocycles. The van der Waals surface area contributed by atoms with E-state index in [1.165, 1.54) is 6.42 Å². The number of carbonyl (C=O) groups is 2. The van der Waals surface area contributed by atoms with E-state index in [0.717, 1.165) is 63.8 Å². The average molecular weight is 354 g/mol. The second-order valence-corrected chi connectivity index (χ2v) is 8.47. The lowest BCUT2D eigenvalue weighted by Crippen LogP contribution is -2.55. The quantitative estimate of drug-likeness (QED) is 0.834. The maximum absolute atomic E-state index is 13.0. The summed E-state index contributed by atoms with van der Waals surface area (Å²) in [6.07, 6.45) is 6.35. The van der Waals surface area contributed by atoms with Gasteiger partial charge in [0, 0.05) is 32.1 Å². The molecule has 4 heteroatoms. The van der Waals surface area contributed by atoms with Crippen LogP contribution in [0.25, 0.3) is 0 Å². The van der Waals surface area contributed by atoms with Crippen LogP contribution in [0.3, 0.4) is 0 Å². The Morgan fingerprint density at radius 3 is 2.42 bits per heavy atom. The van der Waals surface area contributed by atoms with Crippen molar-refractivity contribution < 1.29 is 9.59 Å². The van der Waals surface area contributed by atoms with Crippen LogP contribution in [0.2, 0.25) is 0 Å². The van der Waals surface area contributed by atoms with E-state index in [0.29, 0.717) is 11.8 Å². The minimum atomic E-state index is -0.0289. The number of nitrogens with zero attached hydrogens (tertiary/aromatic N) is 2. The number of piperidine rings is 2. The lowest BCUT2D eigenvalue weighted by atomic mass is 9.67. The molecule has 2 amide bonds. The molecule has 2 heterocycles. The molecule has 1 spiro atoms. The van der Waals surface area contributed by atoms with Crippen LogP contribution >= 0.6 is 0 Å². The molecule has 1 aliphatic carbocycles. The molecule has 1 aromatic rings. The van der Waals surface area contributed by atoms with Crippen molar-refractivity contribution in [2.24, 2.45) is 11.3 Å². The second kappa shape index (κ2) is 7.05. The molecule has 3 aliphatic rings. The first-order valence-electron chi connectivity index (χ1n) is 10.2. The summed E-state index contributed by atoms with van der Waals surface area (Å²) in [6.45, 7) is 5.44. The Morgan fingerprint density at radius 1 is 1.15 bits per heavy atom. The topological polar surface area (TPSA) is 40.6 Å². The van der Waals surface area contributed by atoms with E-state index in [2.05, 4.69) is 24.0 Å². The number of likely N-dealkylation sites (tertiary alicyclic amines) is 2. The van der Waals surface area contributed by atoms with E-state index in [1.54, 1.807) is 0 Å². The van der Waals surface area contributed by atoms with Gasteiger partial charge in [0.1, 0.15) is 0 Å². The molecule has 3 fully saturated rings. The predicted octanol–water partition coefficient (Wildman–Crippen LogP) is 3.43. The molecule has 2 aliphatic heterocycles. The summed E-state index contributed by atoms with van der Waals surface area (Å²) in [5.41, 5.74) is 1.31. The second-order valence-electron chi connectivity index (χ2n) is 8.47. The van der Waals surface area contributed by atoms with Crippen LogP contribution in [0.4, 0.5) is 0 Å². The molecule has 4 rings (SSSR count). The summed E-state index contributed by atoms with van der Waals surface area (Å²) < 4.78 is 0. The number of rotatable bonds is 3. The lowest BCUT2D eigenvalue weighted by Gasteiger charge is -2.50. The largest absolute Gasteiger partial charge is 0.342 e. The Morgan fingerprint density at radius 2 is 1.85 bits per heavy atom. The van der Waals surface area contributed by atoms with E-state index in [-0.39, 0.29) is 17.2 Å². The first-order chi connectivity index (χ1) is 12.6. The van der Waals surface area contributed by atoms with Crippen LogP contribution in [-0.4, -0.2) is 47.8 Å². The zero-order valence-corrected chi connectivity index (χ0v) is 15.8. The van der Waals surface area contributed by atoms with Crippen LogP contribution in [0.5, 0.6) is 0 Å². The summed E-state index contributed by atoms with van der Waals surface area (Å²) in [5.74, 6) is 0.919. The van der Waals surface area contributed by atoms with Crippen molar-refractivity contribution in [1.82, 2.24) is 9.80 Å². The highest BCUT2D eigenvalue weighted by atomic mass is 16.2. The Labute approximate surface area is 156 Å². The maximum Gasteiger partial charge on any atom is 0.230 e. The van der Waals surface area contributed by atoms with Crippen LogP contribution in [0.15, 0.2) is 30.3 Å². The molecule has 2 saturated heterocycles. The molecule has 1 saturated carbocycles. The Balaban J connectivity index is 1.49. The maximum atomic E-state index is 13.0. The monoisotopic (exact) mass is 354 g/mol. The van der Waals surface area contributed by atoms with Gasteiger partial charge in [-0.15, -0.1) is 0 Å². The number of amides is 2.